The number of hydrogen-bond acceptors (Lipinski definition) is 8. The highest BCUT2D eigenvalue weighted by Gasteiger charge is 2.42. The molecule has 10 heterocycles. The van der Waals surface area contributed by atoms with Gasteiger partial charge < -0.3 is 39.4 Å². The van der Waals surface area contributed by atoms with Crippen molar-refractivity contribution < 1.29 is 58.6 Å². The zero-order valence-corrected chi connectivity index (χ0v) is 37.2. The van der Waals surface area contributed by atoms with Gasteiger partial charge in [-0.05, 0) is 148 Å². The molecule has 14 rings (SSSR count). The minimum Gasteiger partial charge on any atom is -0.493 e. The van der Waals surface area contributed by atoms with E-state index in [1.54, 1.807) is 0 Å². The Hall–Kier alpha value is -6.04. The van der Waals surface area contributed by atoms with Crippen LogP contribution in [0.4, 0.5) is 0 Å². The van der Waals surface area contributed by atoms with Crippen LogP contribution in [0.3, 0.4) is 0 Å². The molecule has 0 amide bonds. The van der Waals surface area contributed by atoms with E-state index in [4.69, 9.17) is 18.9 Å². The van der Waals surface area contributed by atoms with Crippen molar-refractivity contribution in [3.63, 3.8) is 0 Å². The van der Waals surface area contributed by atoms with Crippen molar-refractivity contribution >= 4 is 23.9 Å². The standard InChI is InChI=1S/C50H60O12/c1-29-17-37-18-30(2)45(29)59-13-9-10-14-60-47-33(5)21-39(22-34(47)6)50(27-43(55)56,28-44(57)58)40-23-35(7)48(36(8)24-40)62-16-12-11-15-61-46-31(3)19-38(20-32(46)4)49(37,25-41(51)52)26-42(53)54/h17-24H,9-16,25-28H2,1-8H3,(H,51,52)(H,53,54)(H,55,56)(H,57,58). The number of carbonyl (C=O) groups is 4. The highest BCUT2D eigenvalue weighted by molar-refractivity contribution is 5.78. The number of ether oxygens (including phenoxy) is 4. The summed E-state index contributed by atoms with van der Waals surface area (Å²) in [5.41, 5.74) is 5.55. The zero-order valence-electron chi connectivity index (χ0n) is 37.2. The predicted octanol–water partition coefficient (Wildman–Crippen LogP) is 9.41. The molecule has 0 unspecified atom stereocenters. The van der Waals surface area contributed by atoms with Crippen LogP contribution in [0.1, 0.15) is 118 Å². The maximum atomic E-state index is 12.5. The largest absolute Gasteiger partial charge is 0.493 e. The molecule has 332 valence electrons. The first-order valence-electron chi connectivity index (χ1n) is 21.1. The Morgan fingerprint density at radius 2 is 0.532 bits per heavy atom. The van der Waals surface area contributed by atoms with Crippen LogP contribution in [0.2, 0.25) is 0 Å². The molecule has 62 heavy (non-hydrogen) atoms. The Bertz CT molecular complexity index is 1920. The monoisotopic (exact) mass is 852 g/mol. The zero-order chi connectivity index (χ0) is 45.5. The molecule has 0 saturated heterocycles. The van der Waals surface area contributed by atoms with Crippen LogP contribution in [0, 0.1) is 55.4 Å². The predicted molar refractivity (Wildman–Crippen MR) is 235 cm³/mol. The molecule has 8 bridgehead atoms. The lowest BCUT2D eigenvalue weighted by molar-refractivity contribution is -0.142. The van der Waals surface area contributed by atoms with E-state index < -0.39 is 60.4 Å². The molecule has 0 fully saturated rings. The molecule has 0 atom stereocenters. The first kappa shape index (κ1) is 47.0. The topological polar surface area (TPSA) is 186 Å². The molecule has 0 spiro atoms. The van der Waals surface area contributed by atoms with Crippen LogP contribution in [0.5, 0.6) is 23.0 Å². The summed E-state index contributed by atoms with van der Waals surface area (Å²) in [6.45, 7) is 16.4. The van der Waals surface area contributed by atoms with Crippen LogP contribution in [0.25, 0.3) is 0 Å². The summed E-state index contributed by atoms with van der Waals surface area (Å²) in [5.74, 6) is -1.91. The molecule has 4 aromatic carbocycles. The van der Waals surface area contributed by atoms with E-state index in [0.29, 0.717) is 97.4 Å². The van der Waals surface area contributed by atoms with Gasteiger partial charge in [-0.1, -0.05) is 48.5 Å². The normalized spacial score (nSPS) is 15.5. The number of aliphatic carboxylic acids is 4. The van der Waals surface area contributed by atoms with Crippen LogP contribution in [-0.4, -0.2) is 70.7 Å². The maximum Gasteiger partial charge on any atom is 0.304 e. The van der Waals surface area contributed by atoms with Gasteiger partial charge >= 0.3 is 23.9 Å². The van der Waals surface area contributed by atoms with Crippen LogP contribution in [0.15, 0.2) is 48.5 Å². The van der Waals surface area contributed by atoms with Gasteiger partial charge in [-0.25, -0.2) is 0 Å². The smallest absolute Gasteiger partial charge is 0.304 e. The molecule has 0 aromatic heterocycles. The summed E-state index contributed by atoms with van der Waals surface area (Å²) < 4.78 is 25.1. The molecule has 4 N–H and O–H groups in total. The lowest BCUT2D eigenvalue weighted by atomic mass is 9.68. The Labute approximate surface area is 363 Å². The van der Waals surface area contributed by atoms with Crippen molar-refractivity contribution in [2.24, 2.45) is 0 Å². The Morgan fingerprint density at radius 3 is 0.677 bits per heavy atom. The summed E-state index contributed by atoms with van der Waals surface area (Å²) in [6, 6.07) is 14.7. The van der Waals surface area contributed by atoms with E-state index in [2.05, 4.69) is 0 Å². The van der Waals surface area contributed by atoms with Gasteiger partial charge in [0, 0.05) is 10.8 Å². The van der Waals surface area contributed by atoms with E-state index in [1.807, 2.05) is 104 Å². The summed E-state index contributed by atoms with van der Waals surface area (Å²) in [4.78, 5) is 50.2. The summed E-state index contributed by atoms with van der Waals surface area (Å²) >= 11 is 0. The SMILES string of the molecule is Cc1cc2cc(C)c1OCCCCOc1c(C)cc(cc1C)C(CC(=O)O)(CC(=O)O)c1cc(C)c(c(C)c1)OCCCCOc1c(C)cc(cc1C)C2(CC(=O)O)CC(=O)O. The van der Waals surface area contributed by atoms with Crippen molar-refractivity contribution in [2.45, 2.75) is 118 Å². The fourth-order valence-corrected chi connectivity index (χ4v) is 9.23. The van der Waals surface area contributed by atoms with Gasteiger partial charge in [0.15, 0.2) is 0 Å². The number of aryl methyl sites for hydroxylation is 8. The number of rotatable bonds is 8. The first-order chi connectivity index (χ1) is 29.3. The number of carboxylic acids is 4. The van der Waals surface area contributed by atoms with Crippen molar-refractivity contribution in [3.05, 3.63) is 115 Å². The lowest BCUT2D eigenvalue weighted by Gasteiger charge is -2.34. The second-order valence-electron chi connectivity index (χ2n) is 17.0. The average molecular weight is 853 g/mol. The molecule has 0 aliphatic carbocycles. The molecule has 0 saturated carbocycles. The van der Waals surface area contributed by atoms with Gasteiger partial charge in [0.2, 0.25) is 0 Å². The molecular weight excluding hydrogens is 793 g/mol. The minimum atomic E-state index is -1.38. The molecule has 10 aliphatic heterocycles. The third-order valence-corrected chi connectivity index (χ3v) is 11.9. The number of carboxylic acid groups (broad SMARTS) is 4. The molecule has 12 heteroatoms. The van der Waals surface area contributed by atoms with E-state index >= 15 is 0 Å². The second-order valence-corrected chi connectivity index (χ2v) is 17.0. The maximum absolute atomic E-state index is 12.5. The highest BCUT2D eigenvalue weighted by Crippen LogP contribution is 2.46. The summed E-state index contributed by atoms with van der Waals surface area (Å²) in [7, 11) is 0. The average Bonchev–Trinajstić information content (AvgIpc) is 3.15. The second kappa shape index (κ2) is 19.8. The fraction of sp³-hybridized carbons (Fsp3) is 0.440. The van der Waals surface area contributed by atoms with E-state index in [-0.39, 0.29) is 0 Å². The van der Waals surface area contributed by atoms with Gasteiger partial charge in [0.25, 0.3) is 0 Å². The molecule has 4 aromatic rings. The van der Waals surface area contributed by atoms with Gasteiger partial charge in [-0.15, -0.1) is 0 Å². The highest BCUT2D eigenvalue weighted by atomic mass is 16.5. The van der Waals surface area contributed by atoms with Gasteiger partial charge in [0.05, 0.1) is 52.1 Å². The van der Waals surface area contributed by atoms with Crippen LogP contribution < -0.4 is 18.9 Å². The fourth-order valence-electron chi connectivity index (χ4n) is 9.23. The summed E-state index contributed by atoms with van der Waals surface area (Å²) in [5, 5.41) is 41.0. The lowest BCUT2D eigenvalue weighted by Crippen LogP contribution is -2.34. The van der Waals surface area contributed by atoms with Gasteiger partial charge in [-0.2, -0.15) is 0 Å². The quantitative estimate of drug-likeness (QED) is 0.132. The molecular formula is C50H60O12. The van der Waals surface area contributed by atoms with Crippen molar-refractivity contribution in [2.75, 3.05) is 26.4 Å². The van der Waals surface area contributed by atoms with Gasteiger partial charge in [-0.3, -0.25) is 19.2 Å². The van der Waals surface area contributed by atoms with Gasteiger partial charge in [0.1, 0.15) is 23.0 Å². The van der Waals surface area contributed by atoms with Crippen LogP contribution >= 0.6 is 0 Å². The van der Waals surface area contributed by atoms with E-state index in [9.17, 15) is 39.6 Å². The minimum absolute atomic E-state index is 0.367. The summed E-state index contributed by atoms with van der Waals surface area (Å²) in [6.07, 6.45) is 0.821. The molecule has 10 aliphatic rings. The van der Waals surface area contributed by atoms with E-state index in [1.165, 1.54) is 0 Å². The van der Waals surface area contributed by atoms with Crippen molar-refractivity contribution in [1.29, 1.82) is 0 Å². The third kappa shape index (κ3) is 10.5. The number of benzene rings is 4. The number of hydrogen-bond donors (Lipinski definition) is 4. The molecule has 0 radical (unpaired) electrons. The van der Waals surface area contributed by atoms with Crippen LogP contribution in [-0.2, 0) is 30.0 Å². The third-order valence-electron chi connectivity index (χ3n) is 11.9. The van der Waals surface area contributed by atoms with Crippen molar-refractivity contribution in [1.82, 2.24) is 0 Å². The van der Waals surface area contributed by atoms with Crippen molar-refractivity contribution in [3.8, 4) is 23.0 Å². The Kier molecular flexibility index (Phi) is 15.0. The Morgan fingerprint density at radius 1 is 0.371 bits per heavy atom. The first-order valence-corrected chi connectivity index (χ1v) is 21.1. The Balaban J connectivity index is 1.55. The molecule has 12 nitrogen and oxygen atoms in total. The van der Waals surface area contributed by atoms with E-state index in [0.717, 1.165) is 44.5 Å².